The number of carbonyl (C=O) groups excluding carboxylic acids is 2. The van der Waals surface area contributed by atoms with E-state index in [1.54, 1.807) is 42.5 Å². The molecule has 0 atom stereocenters. The van der Waals surface area contributed by atoms with E-state index in [1.807, 2.05) is 43.3 Å². The predicted octanol–water partition coefficient (Wildman–Crippen LogP) is 3.88. The van der Waals surface area contributed by atoms with E-state index in [9.17, 15) is 9.59 Å². The summed E-state index contributed by atoms with van der Waals surface area (Å²) in [4.78, 5) is 26.9. The molecule has 0 aliphatic heterocycles. The molecule has 3 aromatic rings. The van der Waals surface area contributed by atoms with Gasteiger partial charge in [-0.3, -0.25) is 14.5 Å². The highest BCUT2D eigenvalue weighted by atomic mass is 16.2. The van der Waals surface area contributed by atoms with Crippen molar-refractivity contribution in [1.82, 2.24) is 0 Å². The van der Waals surface area contributed by atoms with Gasteiger partial charge >= 0.3 is 11.8 Å². The van der Waals surface area contributed by atoms with Gasteiger partial charge < -0.3 is 11.1 Å². The summed E-state index contributed by atoms with van der Waals surface area (Å²) in [6, 6.07) is 23.1. The second kappa shape index (κ2) is 7.53. The van der Waals surface area contributed by atoms with E-state index in [-0.39, 0.29) is 0 Å². The van der Waals surface area contributed by atoms with Crippen LogP contribution in [0.3, 0.4) is 0 Å². The lowest BCUT2D eigenvalue weighted by molar-refractivity contribution is -0.134. The minimum absolute atomic E-state index is 0.565. The molecule has 130 valence electrons. The van der Waals surface area contributed by atoms with Gasteiger partial charge in [-0.2, -0.15) is 0 Å². The zero-order valence-electron chi connectivity index (χ0n) is 14.3. The largest absolute Gasteiger partial charge is 0.399 e. The molecule has 26 heavy (non-hydrogen) atoms. The predicted molar refractivity (Wildman–Crippen MR) is 104 cm³/mol. The number of aryl methyl sites for hydroxylation is 1. The Morgan fingerprint density at radius 2 is 1.38 bits per heavy atom. The van der Waals surface area contributed by atoms with Gasteiger partial charge in [-0.15, -0.1) is 0 Å². The first-order chi connectivity index (χ1) is 12.6. The molecule has 0 saturated heterocycles. The number of nitrogens with one attached hydrogen (secondary N) is 1. The number of hydrogen-bond donors (Lipinski definition) is 2. The normalized spacial score (nSPS) is 10.2. The molecule has 0 radical (unpaired) electrons. The van der Waals surface area contributed by atoms with Crippen LogP contribution in [-0.2, 0) is 9.59 Å². The van der Waals surface area contributed by atoms with Crippen molar-refractivity contribution < 1.29 is 9.59 Å². The Kier molecular flexibility index (Phi) is 4.99. The highest BCUT2D eigenvalue weighted by Gasteiger charge is 2.25. The molecule has 0 unspecified atom stereocenters. The number of amides is 2. The second-order valence-corrected chi connectivity index (χ2v) is 5.84. The zero-order valence-corrected chi connectivity index (χ0v) is 14.3. The van der Waals surface area contributed by atoms with E-state index in [0.717, 1.165) is 5.56 Å². The van der Waals surface area contributed by atoms with Crippen molar-refractivity contribution >= 4 is 34.6 Å². The first-order valence-corrected chi connectivity index (χ1v) is 8.18. The van der Waals surface area contributed by atoms with Crippen LogP contribution >= 0.6 is 0 Å². The summed E-state index contributed by atoms with van der Waals surface area (Å²) < 4.78 is 0. The first kappa shape index (κ1) is 17.2. The molecule has 5 nitrogen and oxygen atoms in total. The van der Waals surface area contributed by atoms with Crippen LogP contribution in [0.15, 0.2) is 78.9 Å². The van der Waals surface area contributed by atoms with Crippen molar-refractivity contribution in [3.8, 4) is 0 Å². The standard InChI is InChI=1S/C21H19N3O2/c1-15-7-5-6-10-19(15)23-20(25)21(26)24(17-8-3-2-4-9-17)18-13-11-16(22)12-14-18/h2-14H,22H2,1H3,(H,23,25). The summed E-state index contributed by atoms with van der Waals surface area (Å²) in [6.07, 6.45) is 0. The van der Waals surface area contributed by atoms with Crippen molar-refractivity contribution in [3.63, 3.8) is 0 Å². The Morgan fingerprint density at radius 3 is 2.04 bits per heavy atom. The van der Waals surface area contributed by atoms with Crippen LogP contribution in [0.5, 0.6) is 0 Å². The second-order valence-electron chi connectivity index (χ2n) is 5.84. The molecule has 3 aromatic carbocycles. The molecule has 3 rings (SSSR count). The minimum atomic E-state index is -0.708. The smallest absolute Gasteiger partial charge is 0.321 e. The monoisotopic (exact) mass is 345 g/mol. The van der Waals surface area contributed by atoms with Crippen LogP contribution in [0.25, 0.3) is 0 Å². The molecule has 0 aliphatic rings. The molecular weight excluding hydrogens is 326 g/mol. The molecule has 0 spiro atoms. The fraction of sp³-hybridized carbons (Fsp3) is 0.0476. The first-order valence-electron chi connectivity index (χ1n) is 8.18. The van der Waals surface area contributed by atoms with Gasteiger partial charge in [0, 0.05) is 22.7 Å². The number of carbonyl (C=O) groups is 2. The van der Waals surface area contributed by atoms with Crippen LogP contribution in [0.4, 0.5) is 22.7 Å². The number of rotatable bonds is 3. The highest BCUT2D eigenvalue weighted by Crippen LogP contribution is 2.26. The number of benzene rings is 3. The van der Waals surface area contributed by atoms with Crippen LogP contribution in [0.2, 0.25) is 0 Å². The van der Waals surface area contributed by atoms with Gasteiger partial charge in [-0.05, 0) is 55.0 Å². The molecule has 0 bridgehead atoms. The summed E-state index contributed by atoms with van der Waals surface area (Å²) >= 11 is 0. The topological polar surface area (TPSA) is 75.4 Å². The summed E-state index contributed by atoms with van der Waals surface area (Å²) in [5, 5.41) is 2.69. The molecule has 0 aromatic heterocycles. The molecule has 0 saturated carbocycles. The maximum Gasteiger partial charge on any atom is 0.321 e. The highest BCUT2D eigenvalue weighted by molar-refractivity contribution is 6.45. The molecule has 0 heterocycles. The average molecular weight is 345 g/mol. The third-order valence-electron chi connectivity index (χ3n) is 3.96. The lowest BCUT2D eigenvalue weighted by Crippen LogP contribution is -2.36. The lowest BCUT2D eigenvalue weighted by Gasteiger charge is -2.22. The number of nitrogen functional groups attached to an aromatic ring is 1. The summed E-state index contributed by atoms with van der Waals surface area (Å²) in [5.74, 6) is -1.38. The van der Waals surface area contributed by atoms with E-state index in [0.29, 0.717) is 22.7 Å². The average Bonchev–Trinajstić information content (AvgIpc) is 2.66. The van der Waals surface area contributed by atoms with Crippen molar-refractivity contribution in [2.75, 3.05) is 16.0 Å². The maximum absolute atomic E-state index is 12.9. The van der Waals surface area contributed by atoms with Crippen molar-refractivity contribution in [1.29, 1.82) is 0 Å². The fourth-order valence-corrected chi connectivity index (χ4v) is 2.57. The number of nitrogens with two attached hydrogens (primary N) is 1. The van der Waals surface area contributed by atoms with Crippen LogP contribution in [-0.4, -0.2) is 11.8 Å². The van der Waals surface area contributed by atoms with Gasteiger partial charge in [-0.1, -0.05) is 36.4 Å². The van der Waals surface area contributed by atoms with Crippen molar-refractivity contribution in [2.24, 2.45) is 0 Å². The molecule has 2 amide bonds. The minimum Gasteiger partial charge on any atom is -0.399 e. The van der Waals surface area contributed by atoms with Gasteiger partial charge in [-0.25, -0.2) is 0 Å². The molecule has 0 aliphatic carbocycles. The van der Waals surface area contributed by atoms with Crippen LogP contribution in [0.1, 0.15) is 5.56 Å². The van der Waals surface area contributed by atoms with Gasteiger partial charge in [0.05, 0.1) is 0 Å². The Hall–Kier alpha value is -3.60. The fourth-order valence-electron chi connectivity index (χ4n) is 2.57. The summed E-state index contributed by atoms with van der Waals surface area (Å²) in [6.45, 7) is 1.87. The van der Waals surface area contributed by atoms with Gasteiger partial charge in [0.1, 0.15) is 0 Å². The van der Waals surface area contributed by atoms with E-state index >= 15 is 0 Å². The maximum atomic E-state index is 12.9. The third kappa shape index (κ3) is 3.72. The number of para-hydroxylation sites is 2. The number of anilines is 4. The van der Waals surface area contributed by atoms with Crippen LogP contribution in [0, 0.1) is 6.92 Å². The quantitative estimate of drug-likeness (QED) is 0.559. The zero-order chi connectivity index (χ0) is 18.5. The number of hydrogen-bond acceptors (Lipinski definition) is 3. The molecular formula is C21H19N3O2. The van der Waals surface area contributed by atoms with Crippen molar-refractivity contribution in [3.05, 3.63) is 84.4 Å². The van der Waals surface area contributed by atoms with Gasteiger partial charge in [0.2, 0.25) is 0 Å². The number of nitrogens with zero attached hydrogens (tertiary/aromatic N) is 1. The van der Waals surface area contributed by atoms with Gasteiger partial charge in [0.25, 0.3) is 0 Å². The van der Waals surface area contributed by atoms with Gasteiger partial charge in [0.15, 0.2) is 0 Å². The lowest BCUT2D eigenvalue weighted by atomic mass is 10.2. The SMILES string of the molecule is Cc1ccccc1NC(=O)C(=O)N(c1ccccc1)c1ccc(N)cc1. The Bertz CT molecular complexity index is 922. The molecule has 3 N–H and O–H groups in total. The van der Waals surface area contributed by atoms with E-state index in [4.69, 9.17) is 5.73 Å². The van der Waals surface area contributed by atoms with E-state index in [2.05, 4.69) is 5.32 Å². The Balaban J connectivity index is 1.93. The summed E-state index contributed by atoms with van der Waals surface area (Å²) in [7, 11) is 0. The van der Waals surface area contributed by atoms with Crippen molar-refractivity contribution in [2.45, 2.75) is 6.92 Å². The molecule has 0 fully saturated rings. The van der Waals surface area contributed by atoms with E-state index in [1.165, 1.54) is 4.90 Å². The Morgan fingerprint density at radius 1 is 0.808 bits per heavy atom. The van der Waals surface area contributed by atoms with Crippen LogP contribution < -0.4 is 16.0 Å². The van der Waals surface area contributed by atoms with E-state index < -0.39 is 11.8 Å². The third-order valence-corrected chi connectivity index (χ3v) is 3.96. The summed E-state index contributed by atoms with van der Waals surface area (Å²) in [5.41, 5.74) is 8.97. The molecule has 5 heteroatoms. The Labute approximate surface area is 152 Å².